The zero-order valence-electron chi connectivity index (χ0n) is 8.45. The minimum Gasteiger partial charge on any atom is -0.394 e. The summed E-state index contributed by atoms with van der Waals surface area (Å²) in [6.45, 7) is 7.33. The number of hydrogen-bond donors (Lipinski definition) is 1. The van der Waals surface area contributed by atoms with Gasteiger partial charge in [-0.05, 0) is 18.3 Å². The van der Waals surface area contributed by atoms with Gasteiger partial charge in [-0.2, -0.15) is 0 Å². The van der Waals surface area contributed by atoms with Gasteiger partial charge in [0.05, 0.1) is 13.2 Å². The van der Waals surface area contributed by atoms with Gasteiger partial charge in [-0.25, -0.2) is 0 Å². The summed E-state index contributed by atoms with van der Waals surface area (Å²) >= 11 is 0. The molecule has 0 rings (SSSR count). The molecule has 72 valence electrons. The molecule has 12 heavy (non-hydrogen) atoms. The smallest absolute Gasteiger partial charge is 0.0626 e. The molecule has 0 aromatic rings. The predicted molar refractivity (Wildman–Crippen MR) is 53.7 cm³/mol. The van der Waals surface area contributed by atoms with Crippen LogP contribution in [0.15, 0.2) is 4.99 Å². The maximum atomic E-state index is 8.53. The Morgan fingerprint density at radius 2 is 2.08 bits per heavy atom. The van der Waals surface area contributed by atoms with Crippen LogP contribution in [-0.2, 0) is 0 Å². The monoisotopic (exact) mass is 171 g/mol. The highest BCUT2D eigenvalue weighted by Gasteiger charge is 2.08. The summed E-state index contributed by atoms with van der Waals surface area (Å²) in [7, 11) is 0. The average molecular weight is 171 g/mol. The van der Waals surface area contributed by atoms with E-state index in [2.05, 4.69) is 25.8 Å². The van der Waals surface area contributed by atoms with Crippen molar-refractivity contribution in [3.63, 3.8) is 0 Å². The molecule has 0 heterocycles. The Morgan fingerprint density at radius 1 is 1.42 bits per heavy atom. The maximum absolute atomic E-state index is 8.53. The molecule has 0 saturated carbocycles. The Bertz CT molecular complexity index is 121. The molecule has 1 atom stereocenters. The molecule has 0 spiro atoms. The van der Waals surface area contributed by atoms with E-state index >= 15 is 0 Å². The summed E-state index contributed by atoms with van der Waals surface area (Å²) in [6, 6.07) is 0. The molecule has 0 aromatic heterocycles. The summed E-state index contributed by atoms with van der Waals surface area (Å²) in [5, 5.41) is 8.53. The zero-order valence-corrected chi connectivity index (χ0v) is 8.45. The van der Waals surface area contributed by atoms with Crippen molar-refractivity contribution in [2.75, 3.05) is 13.2 Å². The third-order valence-corrected chi connectivity index (χ3v) is 2.00. The number of aliphatic imine (C=N–C) groups is 1. The van der Waals surface area contributed by atoms with Gasteiger partial charge in [-0.15, -0.1) is 0 Å². The van der Waals surface area contributed by atoms with Gasteiger partial charge in [-0.1, -0.05) is 27.2 Å². The Labute approximate surface area is 75.7 Å². The van der Waals surface area contributed by atoms with Crippen LogP contribution in [-0.4, -0.2) is 24.5 Å². The first-order valence-electron chi connectivity index (χ1n) is 4.83. The van der Waals surface area contributed by atoms with Gasteiger partial charge in [0.2, 0.25) is 0 Å². The van der Waals surface area contributed by atoms with Gasteiger partial charge < -0.3 is 5.11 Å². The highest BCUT2D eigenvalue weighted by Crippen LogP contribution is 2.14. The molecule has 0 aromatic carbocycles. The van der Waals surface area contributed by atoms with Crippen LogP contribution < -0.4 is 0 Å². The first-order valence-corrected chi connectivity index (χ1v) is 4.83. The van der Waals surface area contributed by atoms with Gasteiger partial charge >= 0.3 is 0 Å². The van der Waals surface area contributed by atoms with E-state index in [0.29, 0.717) is 18.4 Å². The lowest BCUT2D eigenvalue weighted by atomic mass is 9.93. The van der Waals surface area contributed by atoms with Gasteiger partial charge in [0, 0.05) is 6.21 Å². The molecule has 0 aliphatic heterocycles. The highest BCUT2D eigenvalue weighted by atomic mass is 16.3. The second-order valence-electron chi connectivity index (χ2n) is 3.48. The molecular formula is C10H21NO. The fourth-order valence-electron chi connectivity index (χ4n) is 1.18. The van der Waals surface area contributed by atoms with E-state index in [1.54, 1.807) is 0 Å². The van der Waals surface area contributed by atoms with E-state index in [0.717, 1.165) is 0 Å². The van der Waals surface area contributed by atoms with Crippen molar-refractivity contribution in [3.8, 4) is 0 Å². The van der Waals surface area contributed by atoms with Crippen LogP contribution in [0.5, 0.6) is 0 Å². The summed E-state index contributed by atoms with van der Waals surface area (Å²) < 4.78 is 0. The first kappa shape index (κ1) is 11.6. The molecule has 0 fully saturated rings. The van der Waals surface area contributed by atoms with Gasteiger partial charge in [-0.3, -0.25) is 4.99 Å². The minimum atomic E-state index is 0.160. The quantitative estimate of drug-likeness (QED) is 0.610. The molecule has 0 radical (unpaired) electrons. The second kappa shape index (κ2) is 7.29. The van der Waals surface area contributed by atoms with E-state index < -0.39 is 0 Å². The molecular weight excluding hydrogens is 150 g/mol. The van der Waals surface area contributed by atoms with Crippen LogP contribution >= 0.6 is 0 Å². The number of rotatable bonds is 6. The predicted octanol–water partition coefficient (Wildman–Crippen LogP) is 2.12. The van der Waals surface area contributed by atoms with Crippen LogP contribution in [0.25, 0.3) is 0 Å². The van der Waals surface area contributed by atoms with Crippen LogP contribution in [0, 0.1) is 11.8 Å². The standard InChI is InChI=1S/C10H21NO/c1-4-5-10(9(2)3)8-11-6-7-12/h8-10,12H,4-7H2,1-3H3/b11-8+. The normalized spacial score (nSPS) is 14.4. The number of nitrogens with zero attached hydrogens (tertiary/aromatic N) is 1. The lowest BCUT2D eigenvalue weighted by Crippen LogP contribution is -2.10. The molecule has 0 aliphatic rings. The number of aliphatic hydroxyl groups excluding tert-OH is 1. The van der Waals surface area contributed by atoms with Crippen LogP contribution in [0.1, 0.15) is 33.6 Å². The molecule has 0 amide bonds. The maximum Gasteiger partial charge on any atom is 0.0626 e. The zero-order chi connectivity index (χ0) is 9.40. The largest absolute Gasteiger partial charge is 0.394 e. The summed E-state index contributed by atoms with van der Waals surface area (Å²) in [6.07, 6.45) is 4.41. The van der Waals surface area contributed by atoms with Crippen molar-refractivity contribution in [2.24, 2.45) is 16.8 Å². The van der Waals surface area contributed by atoms with E-state index in [1.165, 1.54) is 12.8 Å². The van der Waals surface area contributed by atoms with Gasteiger partial charge in [0.15, 0.2) is 0 Å². The third kappa shape index (κ3) is 5.30. The average Bonchev–Trinajstić information content (AvgIpc) is 2.03. The first-order chi connectivity index (χ1) is 5.72. The number of aliphatic hydroxyl groups is 1. The van der Waals surface area contributed by atoms with Crippen molar-refractivity contribution < 1.29 is 5.11 Å². The van der Waals surface area contributed by atoms with Gasteiger partial charge in [0.1, 0.15) is 0 Å². The van der Waals surface area contributed by atoms with Crippen molar-refractivity contribution in [1.29, 1.82) is 0 Å². The molecule has 0 bridgehead atoms. The lowest BCUT2D eigenvalue weighted by Gasteiger charge is -2.14. The van der Waals surface area contributed by atoms with Crippen LogP contribution in [0.4, 0.5) is 0 Å². The van der Waals surface area contributed by atoms with Crippen molar-refractivity contribution in [2.45, 2.75) is 33.6 Å². The Morgan fingerprint density at radius 3 is 2.50 bits per heavy atom. The lowest BCUT2D eigenvalue weighted by molar-refractivity contribution is 0.306. The fourth-order valence-corrected chi connectivity index (χ4v) is 1.18. The molecule has 1 N–H and O–H groups in total. The van der Waals surface area contributed by atoms with Crippen LogP contribution in [0.3, 0.4) is 0 Å². The van der Waals surface area contributed by atoms with Crippen molar-refractivity contribution in [1.82, 2.24) is 0 Å². The van der Waals surface area contributed by atoms with E-state index in [1.807, 2.05) is 6.21 Å². The summed E-state index contributed by atoms with van der Waals surface area (Å²) in [5.74, 6) is 1.24. The molecule has 0 aliphatic carbocycles. The van der Waals surface area contributed by atoms with Crippen molar-refractivity contribution >= 4 is 6.21 Å². The molecule has 2 nitrogen and oxygen atoms in total. The fraction of sp³-hybridized carbons (Fsp3) is 0.900. The molecule has 0 saturated heterocycles. The minimum absolute atomic E-state index is 0.160. The third-order valence-electron chi connectivity index (χ3n) is 2.00. The Kier molecular flexibility index (Phi) is 7.06. The van der Waals surface area contributed by atoms with Crippen LogP contribution in [0.2, 0.25) is 0 Å². The second-order valence-corrected chi connectivity index (χ2v) is 3.48. The number of hydrogen-bond acceptors (Lipinski definition) is 2. The van der Waals surface area contributed by atoms with E-state index in [4.69, 9.17) is 5.11 Å². The Hall–Kier alpha value is -0.370. The van der Waals surface area contributed by atoms with E-state index in [-0.39, 0.29) is 6.61 Å². The molecule has 1 unspecified atom stereocenters. The summed E-state index contributed by atoms with van der Waals surface area (Å²) in [4.78, 5) is 4.16. The highest BCUT2D eigenvalue weighted by molar-refractivity contribution is 5.60. The summed E-state index contributed by atoms with van der Waals surface area (Å²) in [5.41, 5.74) is 0. The topological polar surface area (TPSA) is 32.6 Å². The van der Waals surface area contributed by atoms with E-state index in [9.17, 15) is 0 Å². The Balaban J connectivity index is 3.77. The molecule has 2 heteroatoms. The van der Waals surface area contributed by atoms with Gasteiger partial charge in [0.25, 0.3) is 0 Å². The van der Waals surface area contributed by atoms with Crippen molar-refractivity contribution in [3.05, 3.63) is 0 Å². The SMILES string of the molecule is CCCC(/C=N/CCO)C(C)C.